The molecule has 0 aliphatic carbocycles. The Morgan fingerprint density at radius 3 is 2.44 bits per heavy atom. The molecule has 1 aliphatic rings. The van der Waals surface area contributed by atoms with Gasteiger partial charge in [-0.05, 0) is 20.9 Å². The molecule has 5 nitrogen and oxygen atoms in total. The monoisotopic (exact) mass is 251 g/mol. The van der Waals surface area contributed by atoms with Gasteiger partial charge in [-0.25, -0.2) is 0 Å². The molecule has 1 aromatic heterocycles. The number of rotatable bonds is 4. The lowest BCUT2D eigenvalue weighted by Gasteiger charge is -2.37. The van der Waals surface area contributed by atoms with Crippen LogP contribution >= 0.6 is 0 Å². The fraction of sp³-hybridized carbons (Fsp3) is 0.769. The molecule has 2 N–H and O–H groups in total. The Morgan fingerprint density at radius 2 is 1.94 bits per heavy atom. The van der Waals surface area contributed by atoms with Crippen LogP contribution in [0.25, 0.3) is 0 Å². The third kappa shape index (κ3) is 2.91. The number of nitrogens with two attached hydrogens (primary N) is 1. The van der Waals surface area contributed by atoms with Crippen LogP contribution in [0.5, 0.6) is 0 Å². The molecule has 0 amide bonds. The van der Waals surface area contributed by atoms with Crippen LogP contribution in [0.1, 0.15) is 31.5 Å². The van der Waals surface area contributed by atoms with Crippen molar-refractivity contribution in [1.29, 1.82) is 0 Å². The summed E-state index contributed by atoms with van der Waals surface area (Å²) in [5.74, 6) is 0. The molecular weight excluding hydrogens is 226 g/mol. The average molecular weight is 251 g/mol. The maximum Gasteiger partial charge on any atom is 0.0538 e. The molecule has 0 bridgehead atoms. The van der Waals surface area contributed by atoms with Gasteiger partial charge in [-0.3, -0.25) is 9.58 Å². The molecule has 1 atom stereocenters. The van der Waals surface area contributed by atoms with Crippen molar-refractivity contribution < 1.29 is 0 Å². The quantitative estimate of drug-likeness (QED) is 0.856. The fourth-order valence-corrected chi connectivity index (χ4v) is 2.44. The van der Waals surface area contributed by atoms with Crippen LogP contribution in [0, 0.1) is 0 Å². The molecule has 5 heteroatoms. The highest BCUT2D eigenvalue weighted by Crippen LogP contribution is 2.21. The summed E-state index contributed by atoms with van der Waals surface area (Å²) in [7, 11) is 2.17. The summed E-state index contributed by atoms with van der Waals surface area (Å²) >= 11 is 0. The lowest BCUT2D eigenvalue weighted by Crippen LogP contribution is -2.47. The predicted molar refractivity (Wildman–Crippen MR) is 73.5 cm³/mol. The second-order valence-corrected chi connectivity index (χ2v) is 5.44. The summed E-state index contributed by atoms with van der Waals surface area (Å²) in [4.78, 5) is 4.84. The van der Waals surface area contributed by atoms with Gasteiger partial charge in [-0.15, -0.1) is 0 Å². The van der Waals surface area contributed by atoms with Gasteiger partial charge in [0.2, 0.25) is 0 Å². The fourth-order valence-electron chi connectivity index (χ4n) is 2.44. The van der Waals surface area contributed by atoms with Crippen LogP contribution < -0.4 is 5.73 Å². The van der Waals surface area contributed by atoms with E-state index >= 15 is 0 Å². The first kappa shape index (κ1) is 13.5. The molecule has 2 heterocycles. The largest absolute Gasteiger partial charge is 0.329 e. The first-order valence-electron chi connectivity index (χ1n) is 6.78. The molecule has 2 rings (SSSR count). The van der Waals surface area contributed by atoms with E-state index in [9.17, 15) is 0 Å². The average Bonchev–Trinajstić information content (AvgIpc) is 2.82. The number of aromatic nitrogens is 2. The van der Waals surface area contributed by atoms with Crippen molar-refractivity contribution >= 4 is 0 Å². The van der Waals surface area contributed by atoms with Crippen LogP contribution in [-0.4, -0.2) is 59.4 Å². The van der Waals surface area contributed by atoms with Crippen molar-refractivity contribution in [3.63, 3.8) is 0 Å². The number of piperazine rings is 1. The van der Waals surface area contributed by atoms with Crippen LogP contribution in [0.4, 0.5) is 0 Å². The third-order valence-electron chi connectivity index (χ3n) is 3.74. The second kappa shape index (κ2) is 5.82. The zero-order chi connectivity index (χ0) is 13.1. The zero-order valence-electron chi connectivity index (χ0n) is 11.7. The van der Waals surface area contributed by atoms with Gasteiger partial charge >= 0.3 is 0 Å². The topological polar surface area (TPSA) is 50.3 Å². The predicted octanol–water partition coefficient (Wildman–Crippen LogP) is 0.711. The van der Waals surface area contributed by atoms with E-state index in [1.165, 1.54) is 5.56 Å². The first-order valence-corrected chi connectivity index (χ1v) is 6.78. The Labute approximate surface area is 110 Å². The van der Waals surface area contributed by atoms with E-state index in [1.807, 2.05) is 10.9 Å². The summed E-state index contributed by atoms with van der Waals surface area (Å²) in [6.45, 7) is 9.36. The number of hydrogen-bond acceptors (Lipinski definition) is 4. The molecule has 1 saturated heterocycles. The van der Waals surface area contributed by atoms with E-state index in [0.29, 0.717) is 18.6 Å². The Kier molecular flexibility index (Phi) is 4.37. The summed E-state index contributed by atoms with van der Waals surface area (Å²) in [5, 5.41) is 4.42. The summed E-state index contributed by atoms with van der Waals surface area (Å²) in [6, 6.07) is 0.718. The highest BCUT2D eigenvalue weighted by atomic mass is 15.3. The smallest absolute Gasteiger partial charge is 0.0538 e. The maximum absolute atomic E-state index is 5.96. The maximum atomic E-state index is 5.96. The molecule has 18 heavy (non-hydrogen) atoms. The van der Waals surface area contributed by atoms with Crippen LogP contribution in [0.15, 0.2) is 12.4 Å². The molecule has 0 spiro atoms. The molecule has 1 fully saturated rings. The highest BCUT2D eigenvalue weighted by molar-refractivity contribution is 5.12. The van der Waals surface area contributed by atoms with Crippen LogP contribution in [-0.2, 0) is 0 Å². The van der Waals surface area contributed by atoms with Crippen molar-refractivity contribution in [2.75, 3.05) is 39.8 Å². The minimum atomic E-state index is 0.311. The molecule has 0 saturated carbocycles. The molecule has 0 radical (unpaired) electrons. The second-order valence-electron chi connectivity index (χ2n) is 5.44. The SMILES string of the molecule is CC(C)n1cc(C(CN)N2CCN(C)CC2)cn1. The molecule has 1 aromatic rings. The summed E-state index contributed by atoms with van der Waals surface area (Å²) in [6.07, 6.45) is 4.11. The summed E-state index contributed by atoms with van der Waals surface area (Å²) in [5.41, 5.74) is 7.21. The lowest BCUT2D eigenvalue weighted by atomic mass is 10.1. The van der Waals surface area contributed by atoms with E-state index < -0.39 is 0 Å². The molecule has 0 aromatic carbocycles. The van der Waals surface area contributed by atoms with Gasteiger partial charge in [-0.1, -0.05) is 0 Å². The van der Waals surface area contributed by atoms with E-state index in [2.05, 4.69) is 42.0 Å². The van der Waals surface area contributed by atoms with Crippen molar-refractivity contribution in [1.82, 2.24) is 19.6 Å². The lowest BCUT2D eigenvalue weighted by molar-refractivity contribution is 0.114. The minimum absolute atomic E-state index is 0.311. The van der Waals surface area contributed by atoms with Gasteiger partial charge in [0, 0.05) is 50.5 Å². The van der Waals surface area contributed by atoms with Crippen molar-refractivity contribution in [3.8, 4) is 0 Å². The van der Waals surface area contributed by atoms with E-state index in [4.69, 9.17) is 5.73 Å². The molecular formula is C13H25N5. The zero-order valence-corrected chi connectivity index (χ0v) is 11.7. The Morgan fingerprint density at radius 1 is 1.28 bits per heavy atom. The van der Waals surface area contributed by atoms with E-state index in [-0.39, 0.29) is 0 Å². The Hall–Kier alpha value is -0.910. The van der Waals surface area contributed by atoms with Gasteiger partial charge in [-0.2, -0.15) is 5.10 Å². The molecule has 102 valence electrons. The van der Waals surface area contributed by atoms with E-state index in [0.717, 1.165) is 26.2 Å². The standard InChI is InChI=1S/C13H25N5/c1-11(2)18-10-12(9-15-18)13(8-14)17-6-4-16(3)5-7-17/h9-11,13H,4-8,14H2,1-3H3. The van der Waals surface area contributed by atoms with Crippen LogP contribution in [0.3, 0.4) is 0 Å². The first-order chi connectivity index (χ1) is 8.61. The Bertz CT molecular complexity index is 365. The Balaban J connectivity index is 2.07. The van der Waals surface area contributed by atoms with Crippen molar-refractivity contribution in [2.24, 2.45) is 5.73 Å². The molecule has 1 unspecified atom stereocenters. The molecule has 1 aliphatic heterocycles. The van der Waals surface area contributed by atoms with Gasteiger partial charge < -0.3 is 10.6 Å². The van der Waals surface area contributed by atoms with Gasteiger partial charge in [0.15, 0.2) is 0 Å². The minimum Gasteiger partial charge on any atom is -0.329 e. The number of nitrogens with zero attached hydrogens (tertiary/aromatic N) is 4. The van der Waals surface area contributed by atoms with Crippen molar-refractivity contribution in [3.05, 3.63) is 18.0 Å². The normalized spacial score (nSPS) is 20.5. The van der Waals surface area contributed by atoms with Gasteiger partial charge in [0.1, 0.15) is 0 Å². The third-order valence-corrected chi connectivity index (χ3v) is 3.74. The van der Waals surface area contributed by atoms with Gasteiger partial charge in [0.25, 0.3) is 0 Å². The van der Waals surface area contributed by atoms with E-state index in [1.54, 1.807) is 0 Å². The van der Waals surface area contributed by atoms with Crippen LogP contribution in [0.2, 0.25) is 0 Å². The van der Waals surface area contributed by atoms with Gasteiger partial charge in [0.05, 0.1) is 12.2 Å². The van der Waals surface area contributed by atoms with Crippen molar-refractivity contribution in [2.45, 2.75) is 25.9 Å². The summed E-state index contributed by atoms with van der Waals surface area (Å²) < 4.78 is 2.01. The number of likely N-dealkylation sites (N-methyl/N-ethyl adjacent to an activating group) is 1. The number of hydrogen-bond donors (Lipinski definition) is 1. The highest BCUT2D eigenvalue weighted by Gasteiger charge is 2.23.